The fraction of sp³-hybridized carbons (Fsp3) is 0.143. The Bertz CT molecular complexity index is 2520. The van der Waals surface area contributed by atoms with Gasteiger partial charge in [-0.25, -0.2) is 14.1 Å². The van der Waals surface area contributed by atoms with Crippen LogP contribution in [0.15, 0.2) is 116 Å². The Kier molecular flexibility index (Phi) is 7.64. The third-order valence-corrected chi connectivity index (χ3v) is 9.16. The number of ether oxygens (including phenoxy) is 1. The second-order valence-electron chi connectivity index (χ2n) is 13.1. The Labute approximate surface area is 295 Å². The molecule has 5 aromatic carbocycles. The Morgan fingerprint density at radius 2 is 1.42 bits per heavy atom. The molecule has 4 heterocycles. The Hall–Kier alpha value is -4.99. The van der Waals surface area contributed by atoms with Crippen LogP contribution in [0.3, 0.4) is 0 Å². The Morgan fingerprint density at radius 3 is 2.21 bits per heavy atom. The molecule has 0 amide bonds. The molecule has 0 unspecified atom stereocenters. The van der Waals surface area contributed by atoms with Gasteiger partial charge in [-0.05, 0) is 46.2 Å². The van der Waals surface area contributed by atoms with Crippen molar-refractivity contribution in [1.29, 1.82) is 0 Å². The summed E-state index contributed by atoms with van der Waals surface area (Å²) in [6.45, 7) is 6.67. The molecule has 0 aliphatic carbocycles. The van der Waals surface area contributed by atoms with Gasteiger partial charge in [-0.3, -0.25) is 0 Å². The van der Waals surface area contributed by atoms with Crippen molar-refractivity contribution in [3.63, 3.8) is 0 Å². The predicted molar refractivity (Wildman–Crippen MR) is 193 cm³/mol. The minimum Gasteiger partial charge on any atom is -0.508 e. The van der Waals surface area contributed by atoms with Gasteiger partial charge in [0.15, 0.2) is 17.4 Å². The summed E-state index contributed by atoms with van der Waals surface area (Å²) >= 11 is 0. The van der Waals surface area contributed by atoms with E-state index in [9.17, 15) is 0 Å². The minimum absolute atomic E-state index is 0. The van der Waals surface area contributed by atoms with Crippen LogP contribution in [0.5, 0.6) is 11.5 Å². The molecule has 3 aromatic heterocycles. The molecule has 0 saturated carbocycles. The molecule has 8 aromatic rings. The van der Waals surface area contributed by atoms with Crippen LogP contribution in [-0.4, -0.2) is 18.7 Å². The van der Waals surface area contributed by atoms with E-state index in [2.05, 4.69) is 151 Å². The Balaban J connectivity index is 0.00000182. The van der Waals surface area contributed by atoms with Gasteiger partial charge in [0.1, 0.15) is 5.82 Å². The number of fused-ring (bicyclic) bond motifs is 9. The molecule has 0 fully saturated rings. The first-order valence-corrected chi connectivity index (χ1v) is 15.6. The molecule has 1 aliphatic heterocycles. The van der Waals surface area contributed by atoms with Gasteiger partial charge in [0.05, 0.1) is 0 Å². The van der Waals surface area contributed by atoms with Crippen LogP contribution >= 0.6 is 0 Å². The maximum Gasteiger partial charge on any atom is 0.188 e. The summed E-state index contributed by atoms with van der Waals surface area (Å²) < 4.78 is 13.2. The average molecular weight is 807 g/mol. The van der Waals surface area contributed by atoms with Crippen LogP contribution in [0.1, 0.15) is 33.8 Å². The quantitative estimate of drug-likeness (QED) is 0.167. The molecule has 5 nitrogen and oxygen atoms in total. The van der Waals surface area contributed by atoms with Crippen molar-refractivity contribution in [2.45, 2.75) is 33.6 Å². The normalized spacial score (nSPS) is 11.8. The van der Waals surface area contributed by atoms with Crippen LogP contribution in [0.2, 0.25) is 0 Å². The summed E-state index contributed by atoms with van der Waals surface area (Å²) in [4.78, 5) is 4.94. The van der Waals surface area contributed by atoms with E-state index in [-0.39, 0.29) is 33.9 Å². The first kappa shape index (κ1) is 31.6. The van der Waals surface area contributed by atoms with Gasteiger partial charge in [0.25, 0.3) is 0 Å². The van der Waals surface area contributed by atoms with Crippen LogP contribution in [0.25, 0.3) is 66.6 Å². The van der Waals surface area contributed by atoms with E-state index in [0.29, 0.717) is 11.5 Å². The molecule has 0 radical (unpaired) electrons. The van der Waals surface area contributed by atoms with Crippen LogP contribution < -0.4 is 4.74 Å². The summed E-state index contributed by atoms with van der Waals surface area (Å²) in [5, 5.41) is 2.28. The van der Waals surface area contributed by atoms with Gasteiger partial charge in [0.2, 0.25) is 0 Å². The molecule has 0 saturated heterocycles. The van der Waals surface area contributed by atoms with E-state index in [4.69, 9.17) is 9.72 Å². The minimum atomic E-state index is -0.0940. The van der Waals surface area contributed by atoms with E-state index >= 15 is 0 Å². The maximum atomic E-state index is 6.66. The number of hydrogen-bond acceptors (Lipinski definition) is 2. The van der Waals surface area contributed by atoms with Gasteiger partial charge in [0, 0.05) is 80.3 Å². The van der Waals surface area contributed by atoms with Gasteiger partial charge in [-0.15, -0.1) is 29.1 Å². The second kappa shape index (κ2) is 11.6. The summed E-state index contributed by atoms with van der Waals surface area (Å²) in [7, 11) is 2.07. The standard InChI is InChI=1S/C41H31N4O.CH4.Pt/c1-41(2,3)26-21-27(44-25-43(4)36-16-7-8-17-37(36)44)23-29(22-26)46-28-18-19-32-34-14-9-13-33-30-11-5-6-12-31(30)35-15-10-20-42-40(35)45(39(33)34)38(32)24-28;;/h5-22,25H,1-4H3;1H4;/q-1;;. The summed E-state index contributed by atoms with van der Waals surface area (Å²) in [5.74, 6) is 2.17. The largest absolute Gasteiger partial charge is 0.508 e. The van der Waals surface area contributed by atoms with E-state index in [1.807, 2.05) is 18.3 Å². The van der Waals surface area contributed by atoms with Crippen LogP contribution in [0, 0.1) is 12.1 Å². The van der Waals surface area contributed by atoms with Crippen LogP contribution in [-0.2, 0) is 33.5 Å². The number of aromatic nitrogens is 4. The first-order chi connectivity index (χ1) is 22.3. The second-order valence-corrected chi connectivity index (χ2v) is 13.1. The molecule has 1 aliphatic rings. The summed E-state index contributed by atoms with van der Waals surface area (Å²) in [6, 6.07) is 43.4. The Morgan fingerprint density at radius 1 is 0.708 bits per heavy atom. The average Bonchev–Trinajstić information content (AvgIpc) is 3.54. The molecule has 0 atom stereocenters. The molecule has 240 valence electrons. The van der Waals surface area contributed by atoms with Crippen molar-refractivity contribution >= 4 is 32.8 Å². The first-order valence-electron chi connectivity index (χ1n) is 15.6. The third-order valence-electron chi connectivity index (χ3n) is 9.16. The maximum absolute atomic E-state index is 6.66. The van der Waals surface area contributed by atoms with Crippen molar-refractivity contribution < 1.29 is 25.8 Å². The van der Waals surface area contributed by atoms with Gasteiger partial charge in [-0.2, -0.15) is 6.07 Å². The van der Waals surface area contributed by atoms with Crippen molar-refractivity contribution in [1.82, 2.24) is 18.7 Å². The number of para-hydroxylation sites is 3. The van der Waals surface area contributed by atoms with E-state index < -0.39 is 0 Å². The van der Waals surface area contributed by atoms with E-state index in [0.717, 1.165) is 44.5 Å². The smallest absolute Gasteiger partial charge is 0.188 e. The monoisotopic (exact) mass is 806 g/mol. The number of benzene rings is 5. The van der Waals surface area contributed by atoms with Crippen LogP contribution in [0.4, 0.5) is 0 Å². The molecular weight excluding hydrogens is 772 g/mol. The SMILES string of the molecule is C.Cn1[cH+]n(-c2[c-]c(Oc3[c-]c4c(cc3)c3cccc5c3n4-c3ncccc3-c3ccccc3-5)cc(C(C)(C)C)c2)c2ccccc21.[Pt]. The number of pyridine rings is 1. The summed E-state index contributed by atoms with van der Waals surface area (Å²) in [5.41, 5.74) is 11.0. The molecule has 48 heavy (non-hydrogen) atoms. The molecule has 0 bridgehead atoms. The fourth-order valence-electron chi connectivity index (χ4n) is 6.92. The topological polar surface area (TPSA) is 36.9 Å². The molecule has 9 rings (SSSR count). The number of rotatable bonds is 3. The van der Waals surface area contributed by atoms with Crippen molar-refractivity contribution in [3.05, 3.63) is 133 Å². The fourth-order valence-corrected chi connectivity index (χ4v) is 6.92. The molecular formula is C42H35N4OPt-. The zero-order valence-electron chi connectivity index (χ0n) is 26.5. The molecule has 0 N–H and O–H groups in total. The number of aryl methyl sites for hydroxylation is 1. The van der Waals surface area contributed by atoms with Crippen molar-refractivity contribution in [2.75, 3.05) is 0 Å². The number of hydrogen-bond donors (Lipinski definition) is 0. The zero-order chi connectivity index (χ0) is 31.2. The van der Waals surface area contributed by atoms with Crippen molar-refractivity contribution in [2.24, 2.45) is 7.05 Å². The third kappa shape index (κ3) is 4.79. The molecule has 6 heteroatoms. The van der Waals surface area contributed by atoms with Gasteiger partial charge < -0.3 is 9.30 Å². The summed E-state index contributed by atoms with van der Waals surface area (Å²) in [6.07, 6.45) is 3.97. The molecule has 0 spiro atoms. The zero-order valence-corrected chi connectivity index (χ0v) is 28.8. The number of imidazole rings is 1. The van der Waals surface area contributed by atoms with E-state index in [1.165, 1.54) is 27.6 Å². The number of nitrogens with zero attached hydrogens (tertiary/aromatic N) is 4. The predicted octanol–water partition coefficient (Wildman–Crippen LogP) is 10.7. The van der Waals surface area contributed by atoms with Gasteiger partial charge in [-0.1, -0.05) is 88.3 Å². The van der Waals surface area contributed by atoms with Gasteiger partial charge >= 0.3 is 0 Å². The van der Waals surface area contributed by atoms with E-state index in [1.54, 1.807) is 0 Å². The van der Waals surface area contributed by atoms with Crippen molar-refractivity contribution in [3.8, 4) is 45.3 Å².